The molecule has 0 aliphatic heterocycles. The van der Waals surface area contributed by atoms with Gasteiger partial charge < -0.3 is 14.8 Å². The maximum Gasteiger partial charge on any atom is 0.240 e. The highest BCUT2D eigenvalue weighted by Crippen LogP contribution is 2.32. The average molecular weight is 418 g/mol. The third kappa shape index (κ3) is 6.50. The number of methoxy groups -OCH3 is 2. The molecule has 0 aliphatic carbocycles. The predicted octanol–water partition coefficient (Wildman–Crippen LogP) is 3.65. The number of rotatable bonds is 10. The average Bonchev–Trinajstić information content (AvgIpc) is 3.05. The molecule has 0 radical (unpaired) electrons. The lowest BCUT2D eigenvalue weighted by atomic mass is 10.2. The molecule has 9 heteroatoms. The van der Waals surface area contributed by atoms with Crippen LogP contribution in [0, 0.1) is 0 Å². The summed E-state index contributed by atoms with van der Waals surface area (Å²) in [6.45, 7) is 2.64. The summed E-state index contributed by atoms with van der Waals surface area (Å²) in [5, 5.41) is 6.27. The number of ether oxygens (including phenoxy) is 2. The molecule has 26 heavy (non-hydrogen) atoms. The number of thiazole rings is 1. The number of nitrogens with one attached hydrogen (secondary N) is 1. The van der Waals surface area contributed by atoms with E-state index in [-0.39, 0.29) is 12.5 Å². The van der Waals surface area contributed by atoms with Crippen LogP contribution in [-0.4, -0.2) is 62.9 Å². The monoisotopic (exact) mass is 417 g/mol. The molecular weight excluding hydrogens is 397 g/mol. The zero-order valence-electron chi connectivity index (χ0n) is 14.6. The number of carbonyl (C=O) groups is 1. The van der Waals surface area contributed by atoms with Gasteiger partial charge in [0.1, 0.15) is 0 Å². The van der Waals surface area contributed by atoms with Gasteiger partial charge in [-0.05, 0) is 18.2 Å². The lowest BCUT2D eigenvalue weighted by Crippen LogP contribution is -2.37. The van der Waals surface area contributed by atoms with Crippen LogP contribution in [0.5, 0.6) is 0 Å². The summed E-state index contributed by atoms with van der Waals surface area (Å²) in [6, 6.07) is 5.23. The van der Waals surface area contributed by atoms with E-state index in [1.807, 2.05) is 16.3 Å². The van der Waals surface area contributed by atoms with Crippen LogP contribution >= 0.6 is 34.5 Å². The molecule has 1 N–H and O–H groups in total. The number of amides is 1. The Hall–Kier alpha value is -1.22. The highest BCUT2D eigenvalue weighted by molar-refractivity contribution is 7.14. The van der Waals surface area contributed by atoms with Crippen LogP contribution in [0.3, 0.4) is 0 Å². The molecule has 0 fully saturated rings. The molecule has 2 rings (SSSR count). The minimum Gasteiger partial charge on any atom is -0.383 e. The van der Waals surface area contributed by atoms with Crippen molar-refractivity contribution < 1.29 is 14.3 Å². The van der Waals surface area contributed by atoms with Gasteiger partial charge in [0.2, 0.25) is 5.91 Å². The van der Waals surface area contributed by atoms with Crippen LogP contribution in [0.4, 0.5) is 5.13 Å². The van der Waals surface area contributed by atoms with E-state index in [0.29, 0.717) is 47.2 Å². The first-order valence-corrected chi connectivity index (χ1v) is 9.58. The molecule has 0 unspecified atom stereocenters. The Bertz CT molecular complexity index is 719. The van der Waals surface area contributed by atoms with E-state index in [0.717, 1.165) is 5.56 Å². The van der Waals surface area contributed by atoms with Crippen molar-refractivity contribution in [3.63, 3.8) is 0 Å². The minimum absolute atomic E-state index is 0.139. The highest BCUT2D eigenvalue weighted by Gasteiger charge is 2.14. The standard InChI is InChI=1S/C17H21Cl2N3O3S/c1-24-7-5-22(6-8-25-2)10-16(23)21-17-20-15(11-26-17)13-4-3-12(18)9-14(13)19/h3-4,9,11H,5-8,10H2,1-2H3,(H,20,21,23). The fourth-order valence-corrected chi connectivity index (χ4v) is 3.46. The predicted molar refractivity (Wildman–Crippen MR) is 106 cm³/mol. The summed E-state index contributed by atoms with van der Waals surface area (Å²) in [6.07, 6.45) is 0. The number of halogens is 2. The first-order chi connectivity index (χ1) is 12.5. The Morgan fingerprint density at radius 1 is 1.23 bits per heavy atom. The van der Waals surface area contributed by atoms with Gasteiger partial charge in [0, 0.05) is 43.3 Å². The van der Waals surface area contributed by atoms with E-state index in [2.05, 4.69) is 10.3 Å². The normalized spacial score (nSPS) is 11.1. The molecule has 1 amide bonds. The quantitative estimate of drug-likeness (QED) is 0.638. The molecule has 0 saturated carbocycles. The smallest absolute Gasteiger partial charge is 0.240 e. The summed E-state index contributed by atoms with van der Waals surface area (Å²) in [5.41, 5.74) is 1.47. The van der Waals surface area contributed by atoms with Gasteiger partial charge in [-0.2, -0.15) is 0 Å². The minimum atomic E-state index is -0.139. The van der Waals surface area contributed by atoms with Gasteiger partial charge >= 0.3 is 0 Å². The molecule has 0 spiro atoms. The summed E-state index contributed by atoms with van der Waals surface area (Å²) >= 11 is 13.5. The largest absolute Gasteiger partial charge is 0.383 e. The van der Waals surface area contributed by atoms with Crippen molar-refractivity contribution in [3.8, 4) is 11.3 Å². The topological polar surface area (TPSA) is 63.7 Å². The maximum absolute atomic E-state index is 12.3. The van der Waals surface area contributed by atoms with Crippen LogP contribution in [0.15, 0.2) is 23.6 Å². The van der Waals surface area contributed by atoms with E-state index >= 15 is 0 Å². The van der Waals surface area contributed by atoms with Crippen LogP contribution in [0.2, 0.25) is 10.0 Å². The molecule has 1 heterocycles. The highest BCUT2D eigenvalue weighted by atomic mass is 35.5. The molecular formula is C17H21Cl2N3O3S. The molecule has 0 atom stereocenters. The van der Waals surface area contributed by atoms with Crippen molar-refractivity contribution in [1.29, 1.82) is 0 Å². The zero-order valence-corrected chi connectivity index (χ0v) is 17.0. The number of hydrogen-bond acceptors (Lipinski definition) is 6. The van der Waals surface area contributed by atoms with Crippen LogP contribution < -0.4 is 5.32 Å². The SMILES string of the molecule is COCCN(CCOC)CC(=O)Nc1nc(-c2ccc(Cl)cc2Cl)cs1. The number of benzene rings is 1. The molecule has 142 valence electrons. The molecule has 6 nitrogen and oxygen atoms in total. The number of anilines is 1. The van der Waals surface area contributed by atoms with Crippen LogP contribution in [0.1, 0.15) is 0 Å². The Kier molecular flexibility index (Phi) is 8.77. The number of hydrogen-bond donors (Lipinski definition) is 1. The van der Waals surface area contributed by atoms with E-state index in [1.54, 1.807) is 26.4 Å². The van der Waals surface area contributed by atoms with E-state index in [9.17, 15) is 4.79 Å². The number of carbonyl (C=O) groups excluding carboxylic acids is 1. The van der Waals surface area contributed by atoms with Gasteiger partial charge in [0.15, 0.2) is 5.13 Å². The van der Waals surface area contributed by atoms with Crippen molar-refractivity contribution in [2.45, 2.75) is 0 Å². The van der Waals surface area contributed by atoms with Gasteiger partial charge in [-0.15, -0.1) is 11.3 Å². The van der Waals surface area contributed by atoms with E-state index in [4.69, 9.17) is 32.7 Å². The van der Waals surface area contributed by atoms with E-state index < -0.39 is 0 Å². The second-order valence-electron chi connectivity index (χ2n) is 5.47. The van der Waals surface area contributed by atoms with Crippen molar-refractivity contribution in [1.82, 2.24) is 9.88 Å². The zero-order chi connectivity index (χ0) is 18.9. The Morgan fingerprint density at radius 3 is 2.54 bits per heavy atom. The second-order valence-corrected chi connectivity index (χ2v) is 7.17. The molecule has 0 aliphatic rings. The fraction of sp³-hybridized carbons (Fsp3) is 0.412. The number of aromatic nitrogens is 1. The Morgan fingerprint density at radius 2 is 1.92 bits per heavy atom. The van der Waals surface area contributed by atoms with Crippen molar-refractivity contribution >= 4 is 45.6 Å². The molecule has 1 aromatic carbocycles. The lowest BCUT2D eigenvalue weighted by Gasteiger charge is -2.20. The lowest BCUT2D eigenvalue weighted by molar-refractivity contribution is -0.117. The Balaban J connectivity index is 1.97. The first-order valence-electron chi connectivity index (χ1n) is 7.94. The number of nitrogens with zero attached hydrogens (tertiary/aromatic N) is 2. The van der Waals surface area contributed by atoms with Gasteiger partial charge in [-0.1, -0.05) is 23.2 Å². The van der Waals surface area contributed by atoms with Crippen molar-refractivity contribution in [2.75, 3.05) is 52.4 Å². The van der Waals surface area contributed by atoms with Gasteiger partial charge in [-0.25, -0.2) is 4.98 Å². The molecule has 0 saturated heterocycles. The molecule has 0 bridgehead atoms. The van der Waals surface area contributed by atoms with Crippen LogP contribution in [0.25, 0.3) is 11.3 Å². The summed E-state index contributed by atoms with van der Waals surface area (Å²) < 4.78 is 10.2. The maximum atomic E-state index is 12.3. The second kappa shape index (κ2) is 10.8. The fourth-order valence-electron chi connectivity index (χ4n) is 2.22. The molecule has 1 aromatic heterocycles. The summed E-state index contributed by atoms with van der Waals surface area (Å²) in [7, 11) is 3.27. The summed E-state index contributed by atoms with van der Waals surface area (Å²) in [4.78, 5) is 18.7. The third-order valence-electron chi connectivity index (χ3n) is 3.55. The van der Waals surface area contributed by atoms with Gasteiger partial charge in [0.25, 0.3) is 0 Å². The first kappa shape index (κ1) is 21.1. The van der Waals surface area contributed by atoms with E-state index in [1.165, 1.54) is 11.3 Å². The Labute approximate surface area is 167 Å². The molecule has 2 aromatic rings. The summed E-state index contributed by atoms with van der Waals surface area (Å²) in [5.74, 6) is -0.139. The van der Waals surface area contributed by atoms with Crippen LogP contribution in [-0.2, 0) is 14.3 Å². The van der Waals surface area contributed by atoms with Gasteiger partial charge in [-0.3, -0.25) is 9.69 Å². The third-order valence-corrected chi connectivity index (χ3v) is 4.85. The van der Waals surface area contributed by atoms with Gasteiger partial charge in [0.05, 0.1) is 30.5 Å². The van der Waals surface area contributed by atoms with Crippen molar-refractivity contribution in [3.05, 3.63) is 33.6 Å². The van der Waals surface area contributed by atoms with Crippen molar-refractivity contribution in [2.24, 2.45) is 0 Å².